The number of guanidine groups is 1. The van der Waals surface area contributed by atoms with E-state index in [9.17, 15) is 10.1 Å². The first-order valence-electron chi connectivity index (χ1n) is 9.62. The number of furan rings is 1. The van der Waals surface area contributed by atoms with Crippen LogP contribution in [0, 0.1) is 10.1 Å². The van der Waals surface area contributed by atoms with E-state index >= 15 is 0 Å². The lowest BCUT2D eigenvalue weighted by Crippen LogP contribution is -2.44. The Kier molecular flexibility index (Phi) is 7.02. The van der Waals surface area contributed by atoms with Gasteiger partial charge in [0.15, 0.2) is 5.96 Å². The molecule has 3 rings (SSSR count). The van der Waals surface area contributed by atoms with Gasteiger partial charge >= 0.3 is 0 Å². The van der Waals surface area contributed by atoms with Gasteiger partial charge in [-0.2, -0.15) is 0 Å². The highest BCUT2D eigenvalue weighted by molar-refractivity contribution is 5.79. The van der Waals surface area contributed by atoms with E-state index in [-0.39, 0.29) is 16.7 Å². The highest BCUT2D eigenvalue weighted by Gasteiger charge is 2.24. The summed E-state index contributed by atoms with van der Waals surface area (Å²) in [5.41, 5.74) is 0.918. The standard InChI is InChI=1S/C20H27N5O3/c1-21-20(22-14-16-7-5-8-17(13-16)25(26)27)23-15-18(19-9-6-12-28-19)24-10-3-2-4-11-24/h5-9,12-13,18H,2-4,10-11,14-15H2,1H3,(H2,21,22,23). The molecule has 0 bridgehead atoms. The number of likely N-dealkylation sites (tertiary alicyclic amines) is 1. The summed E-state index contributed by atoms with van der Waals surface area (Å²) in [6.07, 6.45) is 5.40. The maximum absolute atomic E-state index is 10.9. The third-order valence-corrected chi connectivity index (χ3v) is 4.97. The number of rotatable bonds is 7. The Morgan fingerprint density at radius 1 is 1.25 bits per heavy atom. The fraction of sp³-hybridized carbons (Fsp3) is 0.450. The summed E-state index contributed by atoms with van der Waals surface area (Å²) in [4.78, 5) is 17.3. The van der Waals surface area contributed by atoms with Gasteiger partial charge in [-0.25, -0.2) is 0 Å². The van der Waals surface area contributed by atoms with Crippen molar-refractivity contribution >= 4 is 11.6 Å². The summed E-state index contributed by atoms with van der Waals surface area (Å²) in [5.74, 6) is 1.60. The lowest BCUT2D eigenvalue weighted by atomic mass is 10.1. The van der Waals surface area contributed by atoms with E-state index in [4.69, 9.17) is 4.42 Å². The molecule has 1 saturated heterocycles. The first-order valence-corrected chi connectivity index (χ1v) is 9.62. The number of hydrogen-bond acceptors (Lipinski definition) is 5. The van der Waals surface area contributed by atoms with Crippen LogP contribution in [0.4, 0.5) is 5.69 Å². The van der Waals surface area contributed by atoms with Crippen molar-refractivity contribution in [1.29, 1.82) is 0 Å². The molecule has 0 radical (unpaired) electrons. The van der Waals surface area contributed by atoms with Crippen LogP contribution in [0.25, 0.3) is 0 Å². The summed E-state index contributed by atoms with van der Waals surface area (Å²) in [6.45, 7) is 3.25. The van der Waals surface area contributed by atoms with Crippen molar-refractivity contribution < 1.29 is 9.34 Å². The van der Waals surface area contributed by atoms with Crippen LogP contribution in [0.5, 0.6) is 0 Å². The number of benzene rings is 1. The molecule has 1 unspecified atom stereocenters. The minimum Gasteiger partial charge on any atom is -0.468 e. The molecule has 8 nitrogen and oxygen atoms in total. The van der Waals surface area contributed by atoms with Gasteiger partial charge in [-0.3, -0.25) is 20.0 Å². The number of hydrogen-bond donors (Lipinski definition) is 2. The molecule has 2 aromatic rings. The number of nitrogens with zero attached hydrogens (tertiary/aromatic N) is 3. The van der Waals surface area contributed by atoms with Gasteiger partial charge in [0.05, 0.1) is 17.2 Å². The van der Waals surface area contributed by atoms with Gasteiger partial charge in [0.25, 0.3) is 5.69 Å². The van der Waals surface area contributed by atoms with E-state index in [1.807, 2.05) is 18.2 Å². The molecule has 0 saturated carbocycles. The SMILES string of the molecule is CN=C(NCc1cccc([N+](=O)[O-])c1)NCC(c1ccco1)N1CCCCC1. The number of aliphatic imine (C=N–C) groups is 1. The third-order valence-electron chi connectivity index (χ3n) is 4.97. The first kappa shape index (κ1) is 19.9. The van der Waals surface area contributed by atoms with Crippen LogP contribution in [0.3, 0.4) is 0 Å². The fourth-order valence-corrected chi connectivity index (χ4v) is 3.50. The molecule has 1 fully saturated rings. The molecule has 2 N–H and O–H groups in total. The van der Waals surface area contributed by atoms with Crippen LogP contribution in [0.1, 0.15) is 36.6 Å². The quantitative estimate of drug-likeness (QED) is 0.329. The number of nitrogens with one attached hydrogen (secondary N) is 2. The van der Waals surface area contributed by atoms with Crippen LogP contribution in [0.2, 0.25) is 0 Å². The fourth-order valence-electron chi connectivity index (χ4n) is 3.50. The van der Waals surface area contributed by atoms with Crippen LogP contribution >= 0.6 is 0 Å². The average Bonchev–Trinajstić information content (AvgIpc) is 3.26. The van der Waals surface area contributed by atoms with Crippen LogP contribution in [-0.4, -0.2) is 42.5 Å². The average molecular weight is 385 g/mol. The van der Waals surface area contributed by atoms with Gasteiger partial charge in [0, 0.05) is 32.3 Å². The molecule has 150 valence electrons. The Hall–Kier alpha value is -2.87. The minimum atomic E-state index is -0.386. The van der Waals surface area contributed by atoms with E-state index in [1.54, 1.807) is 25.4 Å². The lowest BCUT2D eigenvalue weighted by Gasteiger charge is -2.33. The molecule has 1 atom stereocenters. The largest absolute Gasteiger partial charge is 0.468 e. The summed E-state index contributed by atoms with van der Waals surface area (Å²) < 4.78 is 5.67. The smallest absolute Gasteiger partial charge is 0.269 e. The summed E-state index contributed by atoms with van der Waals surface area (Å²) >= 11 is 0. The first-order chi connectivity index (χ1) is 13.7. The second-order valence-corrected chi connectivity index (χ2v) is 6.86. The van der Waals surface area contributed by atoms with Gasteiger partial charge in [0.2, 0.25) is 0 Å². The molecular weight excluding hydrogens is 358 g/mol. The van der Waals surface area contributed by atoms with E-state index in [0.29, 0.717) is 19.0 Å². The minimum absolute atomic E-state index is 0.0882. The van der Waals surface area contributed by atoms with Crippen molar-refractivity contribution in [3.63, 3.8) is 0 Å². The maximum atomic E-state index is 10.9. The molecule has 1 aromatic carbocycles. The highest BCUT2D eigenvalue weighted by Crippen LogP contribution is 2.24. The molecule has 0 aliphatic carbocycles. The third kappa shape index (κ3) is 5.32. The second kappa shape index (κ2) is 9.89. The molecule has 1 aromatic heterocycles. The second-order valence-electron chi connectivity index (χ2n) is 6.86. The zero-order valence-corrected chi connectivity index (χ0v) is 16.1. The maximum Gasteiger partial charge on any atom is 0.269 e. The van der Waals surface area contributed by atoms with Crippen LogP contribution in [0.15, 0.2) is 52.1 Å². The molecule has 1 aliphatic heterocycles. The van der Waals surface area contributed by atoms with Gasteiger partial charge in [-0.1, -0.05) is 18.6 Å². The lowest BCUT2D eigenvalue weighted by molar-refractivity contribution is -0.384. The number of piperidine rings is 1. The topological polar surface area (TPSA) is 95.9 Å². The molecule has 28 heavy (non-hydrogen) atoms. The Bertz CT molecular complexity index is 785. The van der Waals surface area contributed by atoms with Crippen LogP contribution in [-0.2, 0) is 6.54 Å². The van der Waals surface area contributed by atoms with Crippen molar-refractivity contribution in [3.05, 3.63) is 64.1 Å². The Morgan fingerprint density at radius 3 is 2.75 bits per heavy atom. The molecule has 0 spiro atoms. The van der Waals surface area contributed by atoms with E-state index < -0.39 is 0 Å². The molecule has 0 amide bonds. The zero-order chi connectivity index (χ0) is 19.8. The van der Waals surface area contributed by atoms with Crippen molar-refractivity contribution in [3.8, 4) is 0 Å². The van der Waals surface area contributed by atoms with Crippen molar-refractivity contribution in [2.45, 2.75) is 31.8 Å². The van der Waals surface area contributed by atoms with E-state index in [2.05, 4.69) is 20.5 Å². The van der Waals surface area contributed by atoms with Crippen molar-refractivity contribution in [1.82, 2.24) is 15.5 Å². The highest BCUT2D eigenvalue weighted by atomic mass is 16.6. The van der Waals surface area contributed by atoms with Gasteiger partial charge in [-0.05, 0) is 43.6 Å². The molecule has 8 heteroatoms. The molecular formula is C20H27N5O3. The van der Waals surface area contributed by atoms with Crippen molar-refractivity contribution in [2.24, 2.45) is 4.99 Å². The Labute approximate surface area is 164 Å². The molecule has 1 aliphatic rings. The van der Waals surface area contributed by atoms with E-state index in [0.717, 1.165) is 24.4 Å². The monoisotopic (exact) mass is 385 g/mol. The van der Waals surface area contributed by atoms with Gasteiger partial charge in [0.1, 0.15) is 5.76 Å². The number of nitro benzene ring substituents is 1. The summed E-state index contributed by atoms with van der Waals surface area (Å²) in [6, 6.07) is 10.7. The Balaban J connectivity index is 1.58. The Morgan fingerprint density at radius 2 is 2.07 bits per heavy atom. The number of nitro groups is 1. The summed E-state index contributed by atoms with van der Waals surface area (Å²) in [7, 11) is 1.71. The van der Waals surface area contributed by atoms with Gasteiger partial charge < -0.3 is 15.1 Å². The predicted octanol–water partition coefficient (Wildman–Crippen LogP) is 3.08. The van der Waals surface area contributed by atoms with Crippen LogP contribution < -0.4 is 10.6 Å². The van der Waals surface area contributed by atoms with Gasteiger partial charge in [-0.15, -0.1) is 0 Å². The molecule has 2 heterocycles. The number of non-ortho nitro benzene ring substituents is 1. The van der Waals surface area contributed by atoms with Crippen molar-refractivity contribution in [2.75, 3.05) is 26.7 Å². The predicted molar refractivity (Wildman–Crippen MR) is 108 cm³/mol. The zero-order valence-electron chi connectivity index (χ0n) is 16.1. The normalized spacial score (nSPS) is 16.5. The van der Waals surface area contributed by atoms with E-state index in [1.165, 1.54) is 25.3 Å². The summed E-state index contributed by atoms with van der Waals surface area (Å²) in [5, 5.41) is 17.5.